The van der Waals surface area contributed by atoms with Gasteiger partial charge < -0.3 is 24.8 Å². The smallest absolute Gasteiger partial charge is 0.329 e. The van der Waals surface area contributed by atoms with Crippen molar-refractivity contribution in [1.29, 1.82) is 0 Å². The SMILES string of the molecule is CN(C(=O)[C@H](Cc1ccccc1)NC(=O)NS(=O)(=O)c1ccccc1-c1cccc(O)c1)c1ccc2c(c1)OCO2. The second-order valence-electron chi connectivity index (χ2n) is 9.30. The number of urea groups is 1. The number of ether oxygens (including phenoxy) is 2. The van der Waals surface area contributed by atoms with Crippen LogP contribution in [0.15, 0.2) is 102 Å². The summed E-state index contributed by atoms with van der Waals surface area (Å²) in [7, 11) is -2.82. The first-order chi connectivity index (χ1) is 19.7. The van der Waals surface area contributed by atoms with E-state index in [2.05, 4.69) is 5.32 Å². The molecule has 0 radical (unpaired) electrons. The predicted octanol–water partition coefficient (Wildman–Crippen LogP) is 4.05. The van der Waals surface area contributed by atoms with E-state index < -0.39 is 28.0 Å². The van der Waals surface area contributed by atoms with Crippen LogP contribution in [-0.2, 0) is 21.2 Å². The van der Waals surface area contributed by atoms with Gasteiger partial charge >= 0.3 is 6.03 Å². The first-order valence-corrected chi connectivity index (χ1v) is 14.1. The lowest BCUT2D eigenvalue weighted by Crippen LogP contribution is -2.52. The number of carbonyl (C=O) groups excluding carboxylic acids is 2. The maximum absolute atomic E-state index is 13.6. The topological polar surface area (TPSA) is 134 Å². The van der Waals surface area contributed by atoms with Gasteiger partial charge in [-0.15, -0.1) is 0 Å². The van der Waals surface area contributed by atoms with Crippen molar-refractivity contribution in [1.82, 2.24) is 10.0 Å². The number of hydrogen-bond acceptors (Lipinski definition) is 7. The number of likely N-dealkylation sites (N-methyl/N-ethyl adjacent to an activating group) is 1. The quantitative estimate of drug-likeness (QED) is 0.290. The van der Waals surface area contributed by atoms with Crippen molar-refractivity contribution in [3.63, 3.8) is 0 Å². The third-order valence-electron chi connectivity index (χ3n) is 6.52. The molecule has 10 nitrogen and oxygen atoms in total. The zero-order valence-corrected chi connectivity index (χ0v) is 22.8. The molecule has 11 heteroatoms. The van der Waals surface area contributed by atoms with E-state index in [-0.39, 0.29) is 23.9 Å². The molecule has 4 aromatic rings. The van der Waals surface area contributed by atoms with Crippen LogP contribution >= 0.6 is 0 Å². The number of phenolic OH excluding ortho intramolecular Hbond substituents is 1. The highest BCUT2D eigenvalue weighted by Crippen LogP contribution is 2.35. The highest BCUT2D eigenvalue weighted by molar-refractivity contribution is 7.90. The minimum Gasteiger partial charge on any atom is -0.508 e. The van der Waals surface area contributed by atoms with Crippen molar-refractivity contribution in [3.8, 4) is 28.4 Å². The molecule has 1 aliphatic rings. The second kappa shape index (κ2) is 11.6. The summed E-state index contributed by atoms with van der Waals surface area (Å²) < 4.78 is 39.5. The maximum Gasteiger partial charge on any atom is 0.329 e. The van der Waals surface area contributed by atoms with E-state index in [9.17, 15) is 23.1 Å². The molecule has 0 spiro atoms. The van der Waals surface area contributed by atoms with E-state index in [4.69, 9.17) is 9.47 Å². The lowest BCUT2D eigenvalue weighted by Gasteiger charge is -2.25. The molecule has 1 aliphatic heterocycles. The molecule has 0 aromatic heterocycles. The van der Waals surface area contributed by atoms with Gasteiger partial charge in [0.2, 0.25) is 12.7 Å². The number of phenols is 1. The van der Waals surface area contributed by atoms with Crippen molar-refractivity contribution < 1.29 is 32.6 Å². The van der Waals surface area contributed by atoms with Crippen LogP contribution in [0.2, 0.25) is 0 Å². The number of nitrogens with one attached hydrogen (secondary N) is 2. The van der Waals surface area contributed by atoms with Gasteiger partial charge in [0.25, 0.3) is 10.0 Å². The van der Waals surface area contributed by atoms with Crippen molar-refractivity contribution in [2.24, 2.45) is 0 Å². The van der Waals surface area contributed by atoms with Crippen molar-refractivity contribution in [2.75, 3.05) is 18.7 Å². The molecular weight excluding hydrogens is 546 g/mol. The van der Waals surface area contributed by atoms with E-state index in [1.165, 1.54) is 29.2 Å². The van der Waals surface area contributed by atoms with Crippen LogP contribution in [0.25, 0.3) is 11.1 Å². The fourth-order valence-electron chi connectivity index (χ4n) is 4.48. The Balaban J connectivity index is 1.38. The molecule has 1 heterocycles. The summed E-state index contributed by atoms with van der Waals surface area (Å²) >= 11 is 0. The van der Waals surface area contributed by atoms with E-state index >= 15 is 0 Å². The highest BCUT2D eigenvalue weighted by atomic mass is 32.2. The number of nitrogens with zero attached hydrogens (tertiary/aromatic N) is 1. The average Bonchev–Trinajstić information content (AvgIpc) is 3.44. The van der Waals surface area contributed by atoms with Crippen LogP contribution in [0.5, 0.6) is 17.2 Å². The maximum atomic E-state index is 13.6. The van der Waals surface area contributed by atoms with Crippen molar-refractivity contribution in [3.05, 3.63) is 103 Å². The number of carbonyl (C=O) groups is 2. The predicted molar refractivity (Wildman–Crippen MR) is 152 cm³/mol. The zero-order chi connectivity index (χ0) is 29.0. The van der Waals surface area contributed by atoms with Gasteiger partial charge in [-0.1, -0.05) is 60.7 Å². The number of anilines is 1. The van der Waals surface area contributed by atoms with Gasteiger partial charge in [0, 0.05) is 30.8 Å². The molecule has 0 saturated heterocycles. The summed E-state index contributed by atoms with van der Waals surface area (Å²) in [6, 6.07) is 24.2. The lowest BCUT2D eigenvalue weighted by atomic mass is 10.0. The molecule has 0 bridgehead atoms. The third kappa shape index (κ3) is 6.25. The summed E-state index contributed by atoms with van der Waals surface area (Å²) in [5.74, 6) is 0.544. The molecular formula is C30H27N3O7S. The molecule has 4 aromatic carbocycles. The van der Waals surface area contributed by atoms with Crippen LogP contribution in [0.4, 0.5) is 10.5 Å². The summed E-state index contributed by atoms with van der Waals surface area (Å²) in [6.07, 6.45) is 0.113. The van der Waals surface area contributed by atoms with Gasteiger partial charge in [0.05, 0.1) is 4.90 Å². The van der Waals surface area contributed by atoms with E-state index in [1.807, 2.05) is 22.9 Å². The van der Waals surface area contributed by atoms with Gasteiger partial charge in [-0.3, -0.25) is 4.79 Å². The van der Waals surface area contributed by atoms with Gasteiger partial charge in [0.15, 0.2) is 11.5 Å². The molecule has 0 saturated carbocycles. The largest absolute Gasteiger partial charge is 0.508 e. The molecule has 3 amide bonds. The van der Waals surface area contributed by atoms with Crippen LogP contribution in [0.1, 0.15) is 5.56 Å². The van der Waals surface area contributed by atoms with E-state index in [1.54, 1.807) is 61.6 Å². The Bertz CT molecular complexity index is 1690. The van der Waals surface area contributed by atoms with E-state index in [0.29, 0.717) is 28.3 Å². The normalized spacial score (nSPS) is 12.8. The van der Waals surface area contributed by atoms with E-state index in [0.717, 1.165) is 5.56 Å². The molecule has 5 rings (SSSR count). The van der Waals surface area contributed by atoms with Crippen LogP contribution < -0.4 is 24.4 Å². The number of benzene rings is 4. The summed E-state index contributed by atoms with van der Waals surface area (Å²) in [4.78, 5) is 27.9. The Morgan fingerprint density at radius 1 is 0.902 bits per heavy atom. The number of sulfonamides is 1. The number of rotatable bonds is 8. The van der Waals surface area contributed by atoms with Crippen LogP contribution in [0, 0.1) is 0 Å². The molecule has 3 N–H and O–H groups in total. The molecule has 0 fully saturated rings. The number of fused-ring (bicyclic) bond motifs is 1. The lowest BCUT2D eigenvalue weighted by molar-refractivity contribution is -0.120. The highest BCUT2D eigenvalue weighted by Gasteiger charge is 2.29. The number of amides is 3. The van der Waals surface area contributed by atoms with Gasteiger partial charge in [-0.25, -0.2) is 17.9 Å². The summed E-state index contributed by atoms with van der Waals surface area (Å²) in [5, 5.41) is 12.4. The second-order valence-corrected chi connectivity index (χ2v) is 11.0. The Kier molecular flexibility index (Phi) is 7.79. The minimum absolute atomic E-state index is 0.0331. The summed E-state index contributed by atoms with van der Waals surface area (Å²) in [6.45, 7) is 0.0812. The van der Waals surface area contributed by atoms with Gasteiger partial charge in [0.1, 0.15) is 11.8 Å². The third-order valence-corrected chi connectivity index (χ3v) is 7.91. The molecule has 0 aliphatic carbocycles. The van der Waals surface area contributed by atoms with Gasteiger partial charge in [-0.2, -0.15) is 0 Å². The first kappa shape index (κ1) is 27.5. The fourth-order valence-corrected chi connectivity index (χ4v) is 5.63. The number of aromatic hydroxyl groups is 1. The minimum atomic E-state index is -4.37. The Hall–Kier alpha value is -5.03. The van der Waals surface area contributed by atoms with Gasteiger partial charge in [-0.05, 0) is 41.5 Å². The number of hydrogen-bond donors (Lipinski definition) is 3. The first-order valence-electron chi connectivity index (χ1n) is 12.6. The zero-order valence-electron chi connectivity index (χ0n) is 22.0. The molecule has 0 unspecified atom stereocenters. The standard InChI is InChI=1S/C30H27N3O7S/c1-33(22-14-15-26-27(18-22)40-19-39-26)29(35)25(16-20-8-3-2-4-9-20)31-30(36)32-41(37,38)28-13-6-5-12-24(28)21-10-7-11-23(34)17-21/h2-15,17-18,25,34H,16,19H2,1H3,(H2,31,32,36)/t25-/m0/s1. The van der Waals surface area contributed by atoms with Crippen molar-refractivity contribution >= 4 is 27.6 Å². The average molecular weight is 574 g/mol. The Labute approximate surface area is 237 Å². The van der Waals surface area contributed by atoms with Crippen LogP contribution in [-0.4, -0.2) is 45.3 Å². The Morgan fingerprint density at radius 3 is 2.41 bits per heavy atom. The van der Waals surface area contributed by atoms with Crippen LogP contribution in [0.3, 0.4) is 0 Å². The summed E-state index contributed by atoms with van der Waals surface area (Å²) in [5.41, 5.74) is 2.02. The molecule has 41 heavy (non-hydrogen) atoms. The molecule has 210 valence electrons. The monoisotopic (exact) mass is 573 g/mol. The molecule has 1 atom stereocenters. The van der Waals surface area contributed by atoms with Crippen molar-refractivity contribution in [2.45, 2.75) is 17.4 Å². The fraction of sp³-hybridized carbons (Fsp3) is 0.133. The Morgan fingerprint density at radius 2 is 1.63 bits per heavy atom.